The summed E-state index contributed by atoms with van der Waals surface area (Å²) in [5.41, 5.74) is 0.0628. The Labute approximate surface area is 118 Å². The SMILES string of the molecule is CC(NCC(C)(C)N(C)C)C(=O)N1CCCCCC1. The van der Waals surface area contributed by atoms with Crippen molar-refractivity contribution in [1.82, 2.24) is 15.1 Å². The highest BCUT2D eigenvalue weighted by Gasteiger charge is 2.25. The van der Waals surface area contributed by atoms with Gasteiger partial charge >= 0.3 is 0 Å². The molecule has 1 atom stereocenters. The van der Waals surface area contributed by atoms with Crippen molar-refractivity contribution in [2.45, 2.75) is 58.0 Å². The van der Waals surface area contributed by atoms with Crippen molar-refractivity contribution in [3.63, 3.8) is 0 Å². The lowest BCUT2D eigenvalue weighted by molar-refractivity contribution is -0.133. The lowest BCUT2D eigenvalue weighted by Gasteiger charge is -2.34. The Morgan fingerprint density at radius 1 is 1.21 bits per heavy atom. The zero-order valence-corrected chi connectivity index (χ0v) is 13.3. The number of nitrogens with one attached hydrogen (secondary N) is 1. The molecule has 1 fully saturated rings. The maximum atomic E-state index is 12.4. The number of rotatable bonds is 5. The highest BCUT2D eigenvalue weighted by molar-refractivity contribution is 5.81. The van der Waals surface area contributed by atoms with E-state index >= 15 is 0 Å². The number of hydrogen-bond donors (Lipinski definition) is 1. The molecule has 0 aromatic heterocycles. The third-order valence-corrected chi connectivity index (χ3v) is 4.34. The van der Waals surface area contributed by atoms with Crippen molar-refractivity contribution in [3.05, 3.63) is 0 Å². The van der Waals surface area contributed by atoms with Crippen molar-refractivity contribution in [2.75, 3.05) is 33.7 Å². The lowest BCUT2D eigenvalue weighted by atomic mass is 10.0. The summed E-state index contributed by atoms with van der Waals surface area (Å²) in [5, 5.41) is 3.39. The first-order valence-corrected chi connectivity index (χ1v) is 7.54. The molecule has 1 aliphatic rings. The third-order valence-electron chi connectivity index (χ3n) is 4.34. The average molecular weight is 269 g/mol. The Balaban J connectivity index is 2.43. The van der Waals surface area contributed by atoms with Crippen LogP contribution in [0.25, 0.3) is 0 Å². The van der Waals surface area contributed by atoms with Crippen LogP contribution in [-0.4, -0.2) is 61.0 Å². The first kappa shape index (κ1) is 16.4. The second-order valence-corrected chi connectivity index (χ2v) is 6.55. The number of carbonyl (C=O) groups is 1. The molecule has 19 heavy (non-hydrogen) atoms. The van der Waals surface area contributed by atoms with Gasteiger partial charge in [0.1, 0.15) is 0 Å². The molecule has 0 aromatic rings. The monoisotopic (exact) mass is 269 g/mol. The van der Waals surface area contributed by atoms with Gasteiger partial charge in [-0.3, -0.25) is 4.79 Å². The van der Waals surface area contributed by atoms with Gasteiger partial charge in [-0.15, -0.1) is 0 Å². The number of hydrogen-bond acceptors (Lipinski definition) is 3. The van der Waals surface area contributed by atoms with Crippen molar-refractivity contribution in [2.24, 2.45) is 0 Å². The summed E-state index contributed by atoms with van der Waals surface area (Å²) in [7, 11) is 4.14. The van der Waals surface area contributed by atoms with E-state index in [-0.39, 0.29) is 17.5 Å². The minimum Gasteiger partial charge on any atom is -0.341 e. The van der Waals surface area contributed by atoms with Crippen molar-refractivity contribution in [1.29, 1.82) is 0 Å². The predicted octanol–water partition coefficient (Wildman–Crippen LogP) is 1.71. The molecule has 4 nitrogen and oxygen atoms in total. The molecule has 1 rings (SSSR count). The van der Waals surface area contributed by atoms with Gasteiger partial charge in [-0.2, -0.15) is 0 Å². The normalized spacial score (nSPS) is 19.4. The fourth-order valence-corrected chi connectivity index (χ4v) is 2.21. The lowest BCUT2D eigenvalue weighted by Crippen LogP contribution is -2.52. The van der Waals surface area contributed by atoms with E-state index in [0.717, 1.165) is 32.5 Å². The van der Waals surface area contributed by atoms with Crippen molar-refractivity contribution >= 4 is 5.91 Å². The van der Waals surface area contributed by atoms with Crippen LogP contribution in [0.2, 0.25) is 0 Å². The molecule has 1 heterocycles. The maximum absolute atomic E-state index is 12.4. The van der Waals surface area contributed by atoms with Gasteiger partial charge in [0.25, 0.3) is 0 Å². The molecule has 0 bridgehead atoms. The van der Waals surface area contributed by atoms with Gasteiger partial charge in [-0.25, -0.2) is 0 Å². The molecule has 0 aromatic carbocycles. The highest BCUT2D eigenvalue weighted by Crippen LogP contribution is 2.12. The van der Waals surface area contributed by atoms with Crippen LogP contribution in [0, 0.1) is 0 Å². The van der Waals surface area contributed by atoms with Gasteiger partial charge < -0.3 is 15.1 Å². The van der Waals surface area contributed by atoms with Crippen LogP contribution in [-0.2, 0) is 4.79 Å². The van der Waals surface area contributed by atoms with Gasteiger partial charge in [-0.1, -0.05) is 12.8 Å². The summed E-state index contributed by atoms with van der Waals surface area (Å²) in [5.74, 6) is 0.261. The number of nitrogens with zero attached hydrogens (tertiary/aromatic N) is 2. The van der Waals surface area contributed by atoms with Gasteiger partial charge in [0.15, 0.2) is 0 Å². The Hall–Kier alpha value is -0.610. The Morgan fingerprint density at radius 3 is 2.21 bits per heavy atom. The van der Waals surface area contributed by atoms with Crippen LogP contribution in [0.5, 0.6) is 0 Å². The third kappa shape index (κ3) is 5.11. The molecule has 0 spiro atoms. The van der Waals surface area contributed by atoms with Gasteiger partial charge in [0.05, 0.1) is 6.04 Å². The quantitative estimate of drug-likeness (QED) is 0.825. The highest BCUT2D eigenvalue weighted by atomic mass is 16.2. The molecule has 1 unspecified atom stereocenters. The van der Waals surface area contributed by atoms with Gasteiger partial charge in [-0.05, 0) is 47.7 Å². The van der Waals surface area contributed by atoms with Crippen LogP contribution in [0.1, 0.15) is 46.5 Å². The summed E-state index contributed by atoms with van der Waals surface area (Å²) in [6.45, 7) is 9.04. The van der Waals surface area contributed by atoms with E-state index in [1.807, 2.05) is 11.8 Å². The number of carbonyl (C=O) groups excluding carboxylic acids is 1. The standard InChI is InChI=1S/C15H31N3O/c1-13(16-12-15(2,3)17(4)5)14(19)18-10-8-6-7-9-11-18/h13,16H,6-12H2,1-5H3. The number of likely N-dealkylation sites (tertiary alicyclic amines) is 1. The Bertz CT molecular complexity index is 281. The summed E-state index contributed by atoms with van der Waals surface area (Å²) < 4.78 is 0. The topological polar surface area (TPSA) is 35.6 Å². The van der Waals surface area contributed by atoms with Crippen LogP contribution in [0.3, 0.4) is 0 Å². The zero-order chi connectivity index (χ0) is 14.5. The van der Waals surface area contributed by atoms with E-state index in [2.05, 4.69) is 38.2 Å². The van der Waals surface area contributed by atoms with E-state index in [0.29, 0.717) is 0 Å². The molecule has 1 N–H and O–H groups in total. The molecule has 0 radical (unpaired) electrons. The van der Waals surface area contributed by atoms with E-state index in [1.165, 1.54) is 12.8 Å². The summed E-state index contributed by atoms with van der Waals surface area (Å²) in [6.07, 6.45) is 4.84. The van der Waals surface area contributed by atoms with Gasteiger partial charge in [0, 0.05) is 25.2 Å². The second kappa shape index (κ2) is 7.25. The van der Waals surface area contributed by atoms with E-state index in [1.54, 1.807) is 0 Å². The number of amides is 1. The zero-order valence-electron chi connectivity index (χ0n) is 13.3. The molecule has 112 valence electrons. The number of likely N-dealkylation sites (N-methyl/N-ethyl adjacent to an activating group) is 1. The minimum atomic E-state index is -0.0858. The smallest absolute Gasteiger partial charge is 0.239 e. The van der Waals surface area contributed by atoms with Crippen LogP contribution >= 0.6 is 0 Å². The van der Waals surface area contributed by atoms with E-state index in [4.69, 9.17) is 0 Å². The second-order valence-electron chi connectivity index (χ2n) is 6.55. The average Bonchev–Trinajstić information content (AvgIpc) is 2.63. The van der Waals surface area contributed by atoms with Crippen molar-refractivity contribution in [3.8, 4) is 0 Å². The summed E-state index contributed by atoms with van der Waals surface area (Å²) in [6, 6.07) is -0.0858. The van der Waals surface area contributed by atoms with Crippen LogP contribution < -0.4 is 5.32 Å². The molecule has 0 saturated carbocycles. The Kier molecular flexibility index (Phi) is 6.27. The van der Waals surface area contributed by atoms with Crippen molar-refractivity contribution < 1.29 is 4.79 Å². The van der Waals surface area contributed by atoms with Crippen LogP contribution in [0.15, 0.2) is 0 Å². The largest absolute Gasteiger partial charge is 0.341 e. The Morgan fingerprint density at radius 2 is 1.74 bits per heavy atom. The molecule has 1 aliphatic heterocycles. The molecule has 0 aliphatic carbocycles. The molecule has 4 heteroatoms. The fourth-order valence-electron chi connectivity index (χ4n) is 2.21. The first-order chi connectivity index (χ1) is 8.84. The molecule has 1 saturated heterocycles. The van der Waals surface area contributed by atoms with E-state index < -0.39 is 0 Å². The fraction of sp³-hybridized carbons (Fsp3) is 0.933. The predicted molar refractivity (Wildman–Crippen MR) is 80.3 cm³/mol. The first-order valence-electron chi connectivity index (χ1n) is 7.54. The molecule has 1 amide bonds. The van der Waals surface area contributed by atoms with E-state index in [9.17, 15) is 4.79 Å². The molecular formula is C15H31N3O. The maximum Gasteiger partial charge on any atom is 0.239 e. The summed E-state index contributed by atoms with van der Waals surface area (Å²) in [4.78, 5) is 16.6. The summed E-state index contributed by atoms with van der Waals surface area (Å²) >= 11 is 0. The molecular weight excluding hydrogens is 238 g/mol. The minimum absolute atomic E-state index is 0.0628. The van der Waals surface area contributed by atoms with Crippen LogP contribution in [0.4, 0.5) is 0 Å². The van der Waals surface area contributed by atoms with Gasteiger partial charge in [0.2, 0.25) is 5.91 Å².